The molecule has 1 heterocycles. The van der Waals surface area contributed by atoms with Gasteiger partial charge in [0.2, 0.25) is 11.8 Å². The molecular weight excluding hydrogens is 348 g/mol. The van der Waals surface area contributed by atoms with E-state index in [9.17, 15) is 9.59 Å². The van der Waals surface area contributed by atoms with E-state index in [-0.39, 0.29) is 11.8 Å². The smallest absolute Gasteiger partial charge is 0.242 e. The molecule has 0 N–H and O–H groups in total. The van der Waals surface area contributed by atoms with E-state index in [0.717, 1.165) is 37.2 Å². The molecule has 0 bridgehead atoms. The van der Waals surface area contributed by atoms with Crippen LogP contribution in [-0.4, -0.2) is 29.8 Å². The molecule has 1 aliphatic heterocycles. The summed E-state index contributed by atoms with van der Waals surface area (Å²) in [7, 11) is 0. The topological polar surface area (TPSA) is 40.6 Å². The van der Waals surface area contributed by atoms with Crippen molar-refractivity contribution < 1.29 is 9.59 Å². The summed E-state index contributed by atoms with van der Waals surface area (Å²) in [6.07, 6.45) is 3.38. The molecule has 2 aromatic carbocycles. The zero-order chi connectivity index (χ0) is 19.6. The number of carbonyl (C=O) groups excluding carboxylic acids is 2. The van der Waals surface area contributed by atoms with Crippen LogP contribution in [0.25, 0.3) is 0 Å². The number of hydrogen-bond acceptors (Lipinski definition) is 2. The Hall–Kier alpha value is -2.62. The predicted octanol–water partition coefficient (Wildman–Crippen LogP) is 4.26. The van der Waals surface area contributed by atoms with Gasteiger partial charge in [0.25, 0.3) is 0 Å². The van der Waals surface area contributed by atoms with Crippen LogP contribution < -0.4 is 4.90 Å². The van der Waals surface area contributed by atoms with E-state index < -0.39 is 5.41 Å². The second kappa shape index (κ2) is 7.78. The maximum absolute atomic E-state index is 13.7. The van der Waals surface area contributed by atoms with Crippen molar-refractivity contribution in [3.63, 3.8) is 0 Å². The first kappa shape index (κ1) is 18.7. The van der Waals surface area contributed by atoms with E-state index >= 15 is 0 Å². The average molecular weight is 377 g/mol. The first-order chi connectivity index (χ1) is 13.6. The molecule has 0 radical (unpaired) electrons. The summed E-state index contributed by atoms with van der Waals surface area (Å²) in [5, 5.41) is 0. The van der Waals surface area contributed by atoms with Gasteiger partial charge in [-0.1, -0.05) is 55.5 Å². The lowest BCUT2D eigenvalue weighted by molar-refractivity contribution is -0.144. The zero-order valence-electron chi connectivity index (χ0n) is 16.5. The van der Waals surface area contributed by atoms with Crippen molar-refractivity contribution in [1.82, 2.24) is 4.90 Å². The average Bonchev–Trinajstić information content (AvgIpc) is 3.55. The highest BCUT2D eigenvalue weighted by atomic mass is 16.2. The third-order valence-corrected chi connectivity index (χ3v) is 6.14. The molecule has 28 heavy (non-hydrogen) atoms. The van der Waals surface area contributed by atoms with Gasteiger partial charge in [-0.15, -0.1) is 0 Å². The second-order valence-electron chi connectivity index (χ2n) is 8.27. The lowest BCUT2D eigenvalue weighted by Gasteiger charge is -2.34. The second-order valence-corrected chi connectivity index (χ2v) is 8.27. The molecule has 4 nitrogen and oxygen atoms in total. The molecule has 2 amide bonds. The minimum atomic E-state index is -0.856. The molecule has 146 valence electrons. The molecule has 1 aliphatic carbocycles. The number of piperidine rings is 1. The van der Waals surface area contributed by atoms with E-state index in [4.69, 9.17) is 0 Å². The van der Waals surface area contributed by atoms with Crippen molar-refractivity contribution in [3.8, 4) is 0 Å². The lowest BCUT2D eigenvalue weighted by Crippen LogP contribution is -2.49. The maximum atomic E-state index is 13.7. The van der Waals surface area contributed by atoms with Crippen LogP contribution in [0.4, 0.5) is 5.69 Å². The Kier molecular flexibility index (Phi) is 5.21. The number of amides is 2. The normalized spacial score (nSPS) is 18.5. The molecule has 0 atom stereocenters. The number of hydrogen-bond donors (Lipinski definition) is 0. The van der Waals surface area contributed by atoms with Gasteiger partial charge in [-0.3, -0.25) is 9.59 Å². The summed E-state index contributed by atoms with van der Waals surface area (Å²) in [5.74, 6) is 0.651. The quantitative estimate of drug-likeness (QED) is 0.732. The SMILES string of the molecule is CC1CCN(C(=O)C2(C(=O)N(Cc3ccccc3)c3ccccc3)CC2)CC1. The fourth-order valence-corrected chi connectivity index (χ4v) is 4.07. The highest BCUT2D eigenvalue weighted by molar-refractivity contribution is 6.14. The molecule has 0 aromatic heterocycles. The first-order valence-corrected chi connectivity index (χ1v) is 10.3. The Morgan fingerprint density at radius 1 is 0.964 bits per heavy atom. The monoisotopic (exact) mass is 376 g/mol. The van der Waals surface area contributed by atoms with Crippen molar-refractivity contribution in [2.45, 2.75) is 39.2 Å². The van der Waals surface area contributed by atoms with Crippen LogP contribution in [-0.2, 0) is 16.1 Å². The number of likely N-dealkylation sites (tertiary alicyclic amines) is 1. The molecule has 4 rings (SSSR count). The Balaban J connectivity index is 1.59. The summed E-state index contributed by atoms with van der Waals surface area (Å²) >= 11 is 0. The summed E-state index contributed by atoms with van der Waals surface area (Å²) in [6, 6.07) is 19.7. The van der Waals surface area contributed by atoms with Gasteiger partial charge in [0, 0.05) is 18.8 Å². The fraction of sp³-hybridized carbons (Fsp3) is 0.417. The molecule has 2 aliphatic rings. The molecule has 1 saturated carbocycles. The van der Waals surface area contributed by atoms with Gasteiger partial charge < -0.3 is 9.80 Å². The Labute approximate surface area is 167 Å². The third kappa shape index (κ3) is 3.68. The minimum Gasteiger partial charge on any atom is -0.342 e. The highest BCUT2D eigenvalue weighted by Gasteiger charge is 2.59. The van der Waals surface area contributed by atoms with Crippen LogP contribution in [0, 0.1) is 11.3 Å². The van der Waals surface area contributed by atoms with Gasteiger partial charge >= 0.3 is 0 Å². The lowest BCUT2D eigenvalue weighted by atomic mass is 9.95. The van der Waals surface area contributed by atoms with Gasteiger partial charge in [-0.2, -0.15) is 0 Å². The van der Waals surface area contributed by atoms with Crippen LogP contribution >= 0.6 is 0 Å². The van der Waals surface area contributed by atoms with Crippen LogP contribution in [0.5, 0.6) is 0 Å². The minimum absolute atomic E-state index is 0.0402. The predicted molar refractivity (Wildman–Crippen MR) is 111 cm³/mol. The summed E-state index contributed by atoms with van der Waals surface area (Å²) < 4.78 is 0. The summed E-state index contributed by atoms with van der Waals surface area (Å²) in [6.45, 7) is 4.27. The highest BCUT2D eigenvalue weighted by Crippen LogP contribution is 2.50. The van der Waals surface area contributed by atoms with E-state index in [0.29, 0.717) is 25.3 Å². The van der Waals surface area contributed by atoms with E-state index in [1.807, 2.05) is 65.6 Å². The van der Waals surface area contributed by atoms with E-state index in [1.165, 1.54) is 0 Å². The zero-order valence-corrected chi connectivity index (χ0v) is 16.5. The number of anilines is 1. The first-order valence-electron chi connectivity index (χ1n) is 10.3. The number of carbonyl (C=O) groups is 2. The van der Waals surface area contributed by atoms with Crippen molar-refractivity contribution >= 4 is 17.5 Å². The Morgan fingerprint density at radius 2 is 1.54 bits per heavy atom. The van der Waals surface area contributed by atoms with Gasteiger partial charge in [-0.25, -0.2) is 0 Å². The largest absolute Gasteiger partial charge is 0.342 e. The van der Waals surface area contributed by atoms with Crippen molar-refractivity contribution in [1.29, 1.82) is 0 Å². The van der Waals surface area contributed by atoms with Gasteiger partial charge in [0.1, 0.15) is 5.41 Å². The van der Waals surface area contributed by atoms with Crippen LogP contribution in [0.2, 0.25) is 0 Å². The molecule has 0 unspecified atom stereocenters. The number of benzene rings is 2. The third-order valence-electron chi connectivity index (χ3n) is 6.14. The van der Waals surface area contributed by atoms with Crippen LogP contribution in [0.1, 0.15) is 38.2 Å². The molecular formula is C24H28N2O2. The van der Waals surface area contributed by atoms with Gasteiger partial charge in [0.05, 0.1) is 6.54 Å². The van der Waals surface area contributed by atoms with E-state index in [1.54, 1.807) is 4.90 Å². The standard InChI is InChI=1S/C24H28N2O2/c1-19-12-16-25(17-13-19)22(27)24(14-15-24)23(28)26(21-10-6-3-7-11-21)18-20-8-4-2-5-9-20/h2-11,19H,12-18H2,1H3. The van der Waals surface area contributed by atoms with Gasteiger partial charge in [0.15, 0.2) is 0 Å². The molecule has 1 saturated heterocycles. The number of para-hydroxylation sites is 1. The summed E-state index contributed by atoms with van der Waals surface area (Å²) in [4.78, 5) is 30.7. The van der Waals surface area contributed by atoms with Gasteiger partial charge in [-0.05, 0) is 49.3 Å². The molecule has 2 fully saturated rings. The Morgan fingerprint density at radius 3 is 2.11 bits per heavy atom. The number of nitrogens with zero attached hydrogens (tertiary/aromatic N) is 2. The summed E-state index contributed by atoms with van der Waals surface area (Å²) in [5.41, 5.74) is 1.06. The molecule has 0 spiro atoms. The molecule has 4 heteroatoms. The fourth-order valence-electron chi connectivity index (χ4n) is 4.07. The van der Waals surface area contributed by atoms with Crippen molar-refractivity contribution in [3.05, 3.63) is 66.2 Å². The number of rotatable bonds is 5. The van der Waals surface area contributed by atoms with E-state index in [2.05, 4.69) is 6.92 Å². The molecule has 2 aromatic rings. The Bertz CT molecular complexity index is 822. The van der Waals surface area contributed by atoms with Crippen molar-refractivity contribution in [2.75, 3.05) is 18.0 Å². The van der Waals surface area contributed by atoms with Crippen LogP contribution in [0.15, 0.2) is 60.7 Å². The maximum Gasteiger partial charge on any atom is 0.242 e. The van der Waals surface area contributed by atoms with Crippen molar-refractivity contribution in [2.24, 2.45) is 11.3 Å². The van der Waals surface area contributed by atoms with Crippen LogP contribution in [0.3, 0.4) is 0 Å².